The Morgan fingerprint density at radius 3 is 1.37 bits per heavy atom. The van der Waals surface area contributed by atoms with Gasteiger partial charge in [0, 0.05) is 41.1 Å². The van der Waals surface area contributed by atoms with E-state index >= 15 is 0 Å². The molecule has 16 nitrogen and oxygen atoms in total. The molecule has 6 aromatic rings. The second kappa shape index (κ2) is 17.9. The van der Waals surface area contributed by atoms with Gasteiger partial charge in [-0.2, -0.15) is 0 Å². The van der Waals surface area contributed by atoms with Crippen molar-refractivity contribution < 1.29 is 44.3 Å². The molecular weight excluding hydrogens is 777 g/mol. The molecule has 0 unspecified atom stereocenters. The van der Waals surface area contributed by atoms with Gasteiger partial charge in [-0.3, -0.25) is 9.59 Å². The second-order valence-electron chi connectivity index (χ2n) is 12.5. The molecule has 57 heavy (non-hydrogen) atoms. The highest BCUT2D eigenvalue weighted by atomic mass is 32.2. The molecule has 298 valence electrons. The summed E-state index contributed by atoms with van der Waals surface area (Å²) in [6.45, 7) is 10.6. The van der Waals surface area contributed by atoms with E-state index in [1.165, 1.54) is 60.7 Å². The van der Waals surface area contributed by atoms with Gasteiger partial charge < -0.3 is 28.5 Å². The minimum Gasteiger partial charge on any atom is -0.462 e. The molecule has 0 radical (unpaired) electrons. The van der Waals surface area contributed by atoms with E-state index in [-0.39, 0.29) is 33.4 Å². The van der Waals surface area contributed by atoms with Gasteiger partial charge in [-0.25, -0.2) is 26.3 Å². The summed E-state index contributed by atoms with van der Waals surface area (Å²) in [6, 6.07) is 18.7. The van der Waals surface area contributed by atoms with E-state index in [1.807, 2.05) is 19.9 Å². The van der Waals surface area contributed by atoms with Crippen LogP contribution in [0.15, 0.2) is 113 Å². The van der Waals surface area contributed by atoms with E-state index < -0.39 is 20.0 Å². The van der Waals surface area contributed by atoms with Gasteiger partial charge in [0.25, 0.3) is 20.0 Å². The Bertz CT molecular complexity index is 2630. The van der Waals surface area contributed by atoms with E-state index in [9.17, 15) is 26.4 Å². The number of amides is 2. The Morgan fingerprint density at radius 2 is 1.02 bits per heavy atom. The zero-order chi connectivity index (χ0) is 41.3. The number of aromatic nitrogens is 2. The van der Waals surface area contributed by atoms with Crippen LogP contribution in [0, 0.1) is 34.6 Å². The third-order valence-electron chi connectivity index (χ3n) is 8.22. The summed E-state index contributed by atoms with van der Waals surface area (Å²) in [7, 11) is -7.67. The number of sulfonamides is 2. The number of nitrogens with one attached hydrogen (secondary N) is 4. The Balaban J connectivity index is 0.000000218. The molecule has 0 bridgehead atoms. The van der Waals surface area contributed by atoms with Crippen LogP contribution < -0.4 is 20.1 Å². The first-order valence-corrected chi connectivity index (χ1v) is 20.2. The summed E-state index contributed by atoms with van der Waals surface area (Å²) in [4.78, 5) is 24.1. The molecule has 0 aliphatic rings. The molecule has 0 fully saturated rings. The molecule has 4 aromatic heterocycles. The average Bonchev–Trinajstić information content (AvgIpc) is 3.97. The van der Waals surface area contributed by atoms with Gasteiger partial charge in [0.15, 0.2) is 0 Å². The molecule has 4 N–H and O–H groups in total. The van der Waals surface area contributed by atoms with Crippen molar-refractivity contribution in [3.63, 3.8) is 0 Å². The maximum Gasteiger partial charge on any atom is 0.264 e. The maximum atomic E-state index is 12.5. The number of benzene rings is 2. The van der Waals surface area contributed by atoms with Crippen LogP contribution in [0.5, 0.6) is 0 Å². The standard InChI is InChI=1S/C20H21N3O5S.C19H19N3O5S/c1-4-16-7-8-17(27-16)9-12-19(24)21-15-5-10-18(11-6-15)29(25,26)23-20-13(2)14(3)22-28-20;1-12-4-7-16(26-12)8-11-18(23)20-15-5-9-17(10-6-15)28(24,25)22-19-13(2)14(3)21-27-19/h5-12,23H,4H2,1-3H3,(H,21,24);4-11,22H,1-3H3,(H,20,23)/b12-9+;11-8+. The van der Waals surface area contributed by atoms with Crippen molar-refractivity contribution in [3.8, 4) is 0 Å². The molecule has 0 atom stereocenters. The van der Waals surface area contributed by atoms with Crippen LogP contribution in [-0.2, 0) is 36.1 Å². The van der Waals surface area contributed by atoms with Gasteiger partial charge in [0.2, 0.25) is 23.6 Å². The summed E-state index contributed by atoms with van der Waals surface area (Å²) in [5, 5.41) is 12.8. The number of carbonyl (C=O) groups is 2. The predicted octanol–water partition coefficient (Wildman–Crippen LogP) is 7.55. The fraction of sp³-hybridized carbons (Fsp3) is 0.179. The van der Waals surface area contributed by atoms with Crippen LogP contribution in [0.1, 0.15) is 52.5 Å². The van der Waals surface area contributed by atoms with Crippen molar-refractivity contribution in [2.75, 3.05) is 20.1 Å². The molecule has 0 spiro atoms. The number of rotatable bonds is 13. The Kier molecular flexibility index (Phi) is 13.0. The number of aryl methyl sites for hydroxylation is 4. The summed E-state index contributed by atoms with van der Waals surface area (Å²) in [5.41, 5.74) is 3.36. The lowest BCUT2D eigenvalue weighted by Crippen LogP contribution is -2.13. The number of furan rings is 2. The highest BCUT2D eigenvalue weighted by Gasteiger charge is 2.20. The van der Waals surface area contributed by atoms with Gasteiger partial charge in [-0.05, 0) is 120 Å². The van der Waals surface area contributed by atoms with Crippen molar-refractivity contribution in [1.82, 2.24) is 10.3 Å². The van der Waals surface area contributed by atoms with E-state index in [2.05, 4.69) is 30.4 Å². The highest BCUT2D eigenvalue weighted by Crippen LogP contribution is 2.24. The summed E-state index contributed by atoms with van der Waals surface area (Å²) in [5.74, 6) is 2.17. The van der Waals surface area contributed by atoms with E-state index in [4.69, 9.17) is 17.9 Å². The number of hydrogen-bond donors (Lipinski definition) is 4. The minimum absolute atomic E-state index is 0.0283. The second-order valence-corrected chi connectivity index (χ2v) is 15.8. The molecule has 6 rings (SSSR count). The highest BCUT2D eigenvalue weighted by molar-refractivity contribution is 7.93. The molecular formula is C39H40N6O10S2. The first-order valence-electron chi connectivity index (χ1n) is 17.3. The van der Waals surface area contributed by atoms with Gasteiger partial charge in [-0.15, -0.1) is 0 Å². The molecule has 0 saturated heterocycles. The molecule has 18 heteroatoms. The molecule has 0 aliphatic carbocycles. The molecule has 2 aromatic carbocycles. The predicted molar refractivity (Wildman–Crippen MR) is 213 cm³/mol. The lowest BCUT2D eigenvalue weighted by atomic mass is 10.3. The molecule has 0 saturated carbocycles. The van der Waals surface area contributed by atoms with Crippen LogP contribution in [0.2, 0.25) is 0 Å². The molecule has 4 heterocycles. The van der Waals surface area contributed by atoms with Crippen LogP contribution in [-0.4, -0.2) is 39.0 Å². The average molecular weight is 817 g/mol. The quantitative estimate of drug-likeness (QED) is 0.0829. The Labute approximate surface area is 329 Å². The summed E-state index contributed by atoms with van der Waals surface area (Å²) >= 11 is 0. The molecule has 2 amide bonds. The van der Waals surface area contributed by atoms with E-state index in [1.54, 1.807) is 58.0 Å². The van der Waals surface area contributed by atoms with Gasteiger partial charge in [0.05, 0.1) is 21.2 Å². The SMILES string of the molecule is CCc1ccc(/C=C/C(=O)Nc2ccc(S(=O)(=O)Nc3onc(C)c3C)cc2)o1.Cc1ccc(/C=C/C(=O)Nc2ccc(S(=O)(=O)Nc3onc(C)c3C)cc2)o1. The van der Waals surface area contributed by atoms with Crippen molar-refractivity contribution in [2.45, 2.75) is 57.8 Å². The van der Waals surface area contributed by atoms with Gasteiger partial charge in [0.1, 0.15) is 23.0 Å². The third-order valence-corrected chi connectivity index (χ3v) is 10.9. The zero-order valence-electron chi connectivity index (χ0n) is 31.7. The summed E-state index contributed by atoms with van der Waals surface area (Å²) < 4.78 is 75.4. The summed E-state index contributed by atoms with van der Waals surface area (Å²) in [6.07, 6.45) is 6.57. The number of hydrogen-bond acceptors (Lipinski definition) is 12. The van der Waals surface area contributed by atoms with Crippen LogP contribution >= 0.6 is 0 Å². The third kappa shape index (κ3) is 11.2. The van der Waals surface area contributed by atoms with Gasteiger partial charge in [-0.1, -0.05) is 17.2 Å². The smallest absolute Gasteiger partial charge is 0.264 e. The van der Waals surface area contributed by atoms with Gasteiger partial charge >= 0.3 is 0 Å². The topological polar surface area (TPSA) is 229 Å². The normalized spacial score (nSPS) is 11.7. The maximum absolute atomic E-state index is 12.5. The first-order chi connectivity index (χ1) is 27.0. The Morgan fingerprint density at radius 1 is 0.596 bits per heavy atom. The lowest BCUT2D eigenvalue weighted by molar-refractivity contribution is -0.112. The Hall–Kier alpha value is -6.66. The van der Waals surface area contributed by atoms with Crippen molar-refractivity contribution in [1.29, 1.82) is 0 Å². The molecule has 0 aliphatic heterocycles. The van der Waals surface area contributed by atoms with Crippen LogP contribution in [0.3, 0.4) is 0 Å². The fourth-order valence-electron chi connectivity index (χ4n) is 4.72. The van der Waals surface area contributed by atoms with E-state index in [0.29, 0.717) is 45.4 Å². The number of anilines is 4. The number of carbonyl (C=O) groups excluding carboxylic acids is 2. The van der Waals surface area contributed by atoms with E-state index in [0.717, 1.165) is 17.9 Å². The monoisotopic (exact) mass is 816 g/mol. The first kappa shape index (κ1) is 41.5. The van der Waals surface area contributed by atoms with Crippen molar-refractivity contribution >= 4 is 67.2 Å². The van der Waals surface area contributed by atoms with Crippen molar-refractivity contribution in [3.05, 3.63) is 131 Å². The van der Waals surface area contributed by atoms with Crippen molar-refractivity contribution in [2.24, 2.45) is 0 Å². The largest absolute Gasteiger partial charge is 0.462 e. The minimum atomic E-state index is -3.84. The lowest BCUT2D eigenvalue weighted by Gasteiger charge is -2.07. The zero-order valence-corrected chi connectivity index (χ0v) is 33.4. The van der Waals surface area contributed by atoms with Crippen LogP contribution in [0.25, 0.3) is 12.2 Å². The number of nitrogens with zero attached hydrogens (tertiary/aromatic N) is 2. The van der Waals surface area contributed by atoms with Crippen LogP contribution in [0.4, 0.5) is 23.1 Å². The fourth-order valence-corrected chi connectivity index (χ4v) is 6.81.